The lowest BCUT2D eigenvalue weighted by Crippen LogP contribution is -2.38. The van der Waals surface area contributed by atoms with Gasteiger partial charge in [0.25, 0.3) is 5.56 Å². The van der Waals surface area contributed by atoms with E-state index in [1.54, 1.807) is 0 Å². The van der Waals surface area contributed by atoms with Crippen LogP contribution in [0.3, 0.4) is 0 Å². The first-order chi connectivity index (χ1) is 15.5. The Morgan fingerprint density at radius 3 is 2.53 bits per heavy atom. The molecule has 3 aromatic rings. The molecule has 0 unspecified atom stereocenters. The number of pyridine rings is 1. The lowest BCUT2D eigenvalue weighted by atomic mass is 9.99. The predicted molar refractivity (Wildman–Crippen MR) is 120 cm³/mol. The Balaban J connectivity index is 1.68. The number of fused-ring (bicyclic) bond motifs is 2. The highest BCUT2D eigenvalue weighted by atomic mass is 16.7. The molecule has 2 aromatic heterocycles. The molecule has 4 heterocycles. The minimum Gasteiger partial charge on any atom is -0.454 e. The van der Waals surface area contributed by atoms with Crippen LogP contribution in [0.2, 0.25) is 0 Å². The molecule has 1 N–H and O–H groups in total. The lowest BCUT2D eigenvalue weighted by Gasteiger charge is -2.32. The van der Waals surface area contributed by atoms with Crippen molar-refractivity contribution in [1.29, 1.82) is 0 Å². The van der Waals surface area contributed by atoms with E-state index >= 15 is 0 Å². The Labute approximate surface area is 186 Å². The van der Waals surface area contributed by atoms with Crippen LogP contribution in [0.15, 0.2) is 23.0 Å². The van der Waals surface area contributed by atoms with Crippen molar-refractivity contribution >= 4 is 10.9 Å². The number of H-pyrrole nitrogens is 1. The Morgan fingerprint density at radius 1 is 1.09 bits per heavy atom. The molecule has 9 nitrogen and oxygen atoms in total. The first-order valence-corrected chi connectivity index (χ1v) is 11.5. The zero-order chi connectivity index (χ0) is 22.3. The van der Waals surface area contributed by atoms with Gasteiger partial charge in [-0.25, -0.2) is 4.68 Å². The summed E-state index contributed by atoms with van der Waals surface area (Å²) in [6.45, 7) is 8.37. The van der Waals surface area contributed by atoms with Gasteiger partial charge in [0.05, 0.1) is 11.1 Å². The van der Waals surface area contributed by atoms with Crippen LogP contribution < -0.4 is 15.0 Å². The maximum atomic E-state index is 13.4. The molecule has 5 rings (SSSR count). The third-order valence-corrected chi connectivity index (χ3v) is 6.84. The SMILES string of the molecule is CCC(C)(C)n1nnnc1[C@H](c1cc2cc3c(cc2[nH]c1=O)OCO3)N1CCCCCC1. The maximum Gasteiger partial charge on any atom is 0.253 e. The standard InChI is InChI=1S/C23H30N6O3/c1-4-23(2,3)29-21(25-26-27-29)20(28-9-7-5-6-8-10-28)16-11-15-12-18-19(32-14-31-18)13-17(15)24-22(16)30/h11-13,20H,4-10,14H2,1-3H3,(H,24,30)/t20-/m0/s1. The fourth-order valence-electron chi connectivity index (χ4n) is 4.61. The highest BCUT2D eigenvalue weighted by molar-refractivity contribution is 5.83. The Kier molecular flexibility index (Phi) is 5.36. The molecule has 170 valence electrons. The van der Waals surface area contributed by atoms with E-state index in [9.17, 15) is 4.79 Å². The second-order valence-electron chi connectivity index (χ2n) is 9.31. The molecule has 0 spiro atoms. The van der Waals surface area contributed by atoms with Gasteiger partial charge in [0.1, 0.15) is 6.04 Å². The van der Waals surface area contributed by atoms with E-state index in [1.165, 1.54) is 12.8 Å². The number of hydrogen-bond acceptors (Lipinski definition) is 7. The van der Waals surface area contributed by atoms with Crippen LogP contribution >= 0.6 is 0 Å². The van der Waals surface area contributed by atoms with Crippen molar-refractivity contribution in [2.24, 2.45) is 0 Å². The van der Waals surface area contributed by atoms with E-state index in [1.807, 2.05) is 22.9 Å². The third kappa shape index (κ3) is 3.64. The first-order valence-electron chi connectivity index (χ1n) is 11.5. The second kappa shape index (κ2) is 8.20. The summed E-state index contributed by atoms with van der Waals surface area (Å²) in [6, 6.07) is 5.39. The van der Waals surface area contributed by atoms with Crippen molar-refractivity contribution in [2.75, 3.05) is 19.9 Å². The molecule has 9 heteroatoms. The van der Waals surface area contributed by atoms with Crippen LogP contribution in [0, 0.1) is 0 Å². The number of benzene rings is 1. The molecular formula is C23H30N6O3. The summed E-state index contributed by atoms with van der Waals surface area (Å²) >= 11 is 0. The molecule has 0 amide bonds. The van der Waals surface area contributed by atoms with Crippen LogP contribution in [0.5, 0.6) is 11.5 Å². The summed E-state index contributed by atoms with van der Waals surface area (Å²) in [5.41, 5.74) is 0.986. The van der Waals surface area contributed by atoms with Gasteiger partial charge in [0, 0.05) is 17.0 Å². The number of ether oxygens (including phenoxy) is 2. The molecule has 2 aliphatic heterocycles. The number of aromatic nitrogens is 5. The first kappa shape index (κ1) is 20.9. The van der Waals surface area contributed by atoms with Gasteiger partial charge < -0.3 is 14.5 Å². The average Bonchev–Trinajstić information content (AvgIpc) is 3.37. The number of nitrogens with one attached hydrogen (secondary N) is 1. The zero-order valence-electron chi connectivity index (χ0n) is 18.9. The summed E-state index contributed by atoms with van der Waals surface area (Å²) in [7, 11) is 0. The van der Waals surface area contributed by atoms with Crippen LogP contribution in [0.4, 0.5) is 0 Å². The predicted octanol–water partition coefficient (Wildman–Crippen LogP) is 3.35. The number of likely N-dealkylation sites (tertiary alicyclic amines) is 1. The van der Waals surface area contributed by atoms with Gasteiger partial charge in [-0.15, -0.1) is 5.10 Å². The smallest absolute Gasteiger partial charge is 0.253 e. The van der Waals surface area contributed by atoms with Crippen molar-refractivity contribution in [3.05, 3.63) is 39.9 Å². The van der Waals surface area contributed by atoms with Crippen molar-refractivity contribution in [2.45, 2.75) is 64.5 Å². The molecular weight excluding hydrogens is 408 g/mol. The fourth-order valence-corrected chi connectivity index (χ4v) is 4.61. The minimum absolute atomic E-state index is 0.130. The van der Waals surface area contributed by atoms with E-state index in [2.05, 4.69) is 46.2 Å². The van der Waals surface area contributed by atoms with E-state index in [0.29, 0.717) is 22.9 Å². The molecule has 0 aliphatic carbocycles. The highest BCUT2D eigenvalue weighted by Crippen LogP contribution is 2.37. The Morgan fingerprint density at radius 2 is 1.81 bits per heavy atom. The van der Waals surface area contributed by atoms with Gasteiger partial charge in [-0.3, -0.25) is 9.69 Å². The molecule has 1 atom stereocenters. The van der Waals surface area contributed by atoms with E-state index in [0.717, 1.165) is 43.3 Å². The lowest BCUT2D eigenvalue weighted by molar-refractivity contribution is 0.174. The number of aromatic amines is 1. The summed E-state index contributed by atoms with van der Waals surface area (Å²) in [4.78, 5) is 18.8. The molecule has 2 aliphatic rings. The molecule has 1 saturated heterocycles. The maximum absolute atomic E-state index is 13.4. The minimum atomic E-state index is -0.326. The Hall–Kier alpha value is -2.94. The van der Waals surface area contributed by atoms with Crippen molar-refractivity contribution in [3.8, 4) is 11.5 Å². The number of hydrogen-bond donors (Lipinski definition) is 1. The topological polar surface area (TPSA) is 98.2 Å². The molecule has 1 fully saturated rings. The van der Waals surface area contributed by atoms with Crippen molar-refractivity contribution in [3.63, 3.8) is 0 Å². The van der Waals surface area contributed by atoms with E-state index in [4.69, 9.17) is 9.47 Å². The molecule has 1 aromatic carbocycles. The largest absolute Gasteiger partial charge is 0.454 e. The van der Waals surface area contributed by atoms with Gasteiger partial charge in [-0.05, 0) is 68.8 Å². The summed E-state index contributed by atoms with van der Waals surface area (Å²) in [6.07, 6.45) is 5.46. The van der Waals surface area contributed by atoms with E-state index in [-0.39, 0.29) is 23.9 Å². The van der Waals surface area contributed by atoms with Gasteiger partial charge in [0.2, 0.25) is 6.79 Å². The average molecular weight is 439 g/mol. The molecule has 0 radical (unpaired) electrons. The molecule has 0 saturated carbocycles. The normalized spacial score (nSPS) is 18.1. The quantitative estimate of drug-likeness (QED) is 0.652. The van der Waals surface area contributed by atoms with Crippen LogP contribution in [0.1, 0.15) is 70.3 Å². The second-order valence-corrected chi connectivity index (χ2v) is 9.31. The van der Waals surface area contributed by atoms with Gasteiger partial charge >= 0.3 is 0 Å². The van der Waals surface area contributed by atoms with Crippen molar-refractivity contribution in [1.82, 2.24) is 30.1 Å². The molecule has 0 bridgehead atoms. The van der Waals surface area contributed by atoms with Crippen LogP contribution in [-0.4, -0.2) is 50.0 Å². The number of tetrazole rings is 1. The number of nitrogens with zero attached hydrogens (tertiary/aromatic N) is 5. The van der Waals surface area contributed by atoms with Crippen LogP contribution in [-0.2, 0) is 5.54 Å². The van der Waals surface area contributed by atoms with Gasteiger partial charge in [-0.1, -0.05) is 19.8 Å². The summed E-state index contributed by atoms with van der Waals surface area (Å²) < 4.78 is 12.9. The van der Waals surface area contributed by atoms with E-state index < -0.39 is 0 Å². The third-order valence-electron chi connectivity index (χ3n) is 6.84. The van der Waals surface area contributed by atoms with Crippen molar-refractivity contribution < 1.29 is 9.47 Å². The Bertz CT molecular complexity index is 1180. The molecule has 32 heavy (non-hydrogen) atoms. The monoisotopic (exact) mass is 438 g/mol. The number of rotatable bonds is 5. The summed E-state index contributed by atoms with van der Waals surface area (Å²) in [5.74, 6) is 2.06. The highest BCUT2D eigenvalue weighted by Gasteiger charge is 2.34. The van der Waals surface area contributed by atoms with Gasteiger partial charge in [-0.2, -0.15) is 0 Å². The van der Waals surface area contributed by atoms with Gasteiger partial charge in [0.15, 0.2) is 17.3 Å². The summed E-state index contributed by atoms with van der Waals surface area (Å²) in [5, 5.41) is 13.7. The fraction of sp³-hybridized carbons (Fsp3) is 0.565. The zero-order valence-corrected chi connectivity index (χ0v) is 18.9. The van der Waals surface area contributed by atoms with Crippen LogP contribution in [0.25, 0.3) is 10.9 Å².